The second-order valence-electron chi connectivity index (χ2n) is 8.92. The average Bonchev–Trinajstić information content (AvgIpc) is 3.13. The Hall–Kier alpha value is -3.06. The molecule has 176 valence electrons. The summed E-state index contributed by atoms with van der Waals surface area (Å²) < 4.78 is 11.0. The van der Waals surface area contributed by atoms with Gasteiger partial charge in [0.05, 0.1) is 14.2 Å². The highest BCUT2D eigenvalue weighted by atomic mass is 16.5. The van der Waals surface area contributed by atoms with Crippen LogP contribution in [0, 0.1) is 5.92 Å². The number of carbonyl (C=O) groups excluding carboxylic acids is 2. The van der Waals surface area contributed by atoms with Crippen molar-refractivity contribution >= 4 is 11.9 Å². The molecule has 2 fully saturated rings. The van der Waals surface area contributed by atoms with Crippen molar-refractivity contribution in [1.29, 1.82) is 0 Å². The molecule has 2 heterocycles. The number of likely N-dealkylation sites (tertiary alicyclic amines) is 1. The van der Waals surface area contributed by atoms with E-state index in [-0.39, 0.29) is 17.9 Å². The van der Waals surface area contributed by atoms with Crippen LogP contribution in [0.15, 0.2) is 48.5 Å². The van der Waals surface area contributed by atoms with Crippen molar-refractivity contribution in [2.75, 3.05) is 27.3 Å². The van der Waals surface area contributed by atoms with Gasteiger partial charge in [0, 0.05) is 12.1 Å². The SMILES string of the molecule is COc1cccc(CN2CCC(C3(CCCc4ccccc4)NC(=O)NC3=O)CC2)c1OC. The maximum atomic E-state index is 12.9. The first-order valence-corrected chi connectivity index (χ1v) is 11.7. The summed E-state index contributed by atoms with van der Waals surface area (Å²) in [4.78, 5) is 27.4. The first-order valence-electron chi connectivity index (χ1n) is 11.7. The van der Waals surface area contributed by atoms with Crippen LogP contribution in [0.25, 0.3) is 0 Å². The molecule has 0 saturated carbocycles. The Labute approximate surface area is 195 Å². The van der Waals surface area contributed by atoms with E-state index in [0.29, 0.717) is 6.42 Å². The van der Waals surface area contributed by atoms with Crippen LogP contribution in [0.4, 0.5) is 4.79 Å². The minimum atomic E-state index is -0.814. The van der Waals surface area contributed by atoms with E-state index in [9.17, 15) is 9.59 Å². The molecule has 0 aliphatic carbocycles. The number of nitrogens with zero attached hydrogens (tertiary/aromatic N) is 1. The minimum absolute atomic E-state index is 0.114. The molecule has 33 heavy (non-hydrogen) atoms. The molecule has 2 aliphatic heterocycles. The molecule has 0 aromatic heterocycles. The number of methoxy groups -OCH3 is 2. The fourth-order valence-electron chi connectivity index (χ4n) is 5.29. The van der Waals surface area contributed by atoms with Crippen molar-refractivity contribution in [3.63, 3.8) is 0 Å². The van der Waals surface area contributed by atoms with Gasteiger partial charge in [-0.25, -0.2) is 4.79 Å². The first-order chi connectivity index (χ1) is 16.1. The van der Waals surface area contributed by atoms with Crippen molar-refractivity contribution < 1.29 is 19.1 Å². The molecule has 7 heteroatoms. The monoisotopic (exact) mass is 451 g/mol. The van der Waals surface area contributed by atoms with Gasteiger partial charge in [0.1, 0.15) is 5.54 Å². The number of rotatable bonds is 9. The molecule has 1 unspecified atom stereocenters. The number of amides is 3. The van der Waals surface area contributed by atoms with Crippen molar-refractivity contribution in [1.82, 2.24) is 15.5 Å². The molecule has 2 saturated heterocycles. The topological polar surface area (TPSA) is 79.9 Å². The Kier molecular flexibility index (Phi) is 7.18. The zero-order chi connectivity index (χ0) is 23.3. The highest BCUT2D eigenvalue weighted by molar-refractivity contribution is 6.07. The Balaban J connectivity index is 1.40. The molecule has 2 N–H and O–H groups in total. The van der Waals surface area contributed by atoms with Crippen LogP contribution < -0.4 is 20.1 Å². The molecule has 4 rings (SSSR count). The number of carbonyl (C=O) groups is 2. The number of hydrogen-bond donors (Lipinski definition) is 2. The maximum Gasteiger partial charge on any atom is 0.322 e. The van der Waals surface area contributed by atoms with E-state index < -0.39 is 5.54 Å². The molecule has 0 radical (unpaired) electrons. The zero-order valence-electron chi connectivity index (χ0n) is 19.4. The lowest BCUT2D eigenvalue weighted by Crippen LogP contribution is -2.56. The summed E-state index contributed by atoms with van der Waals surface area (Å²) >= 11 is 0. The van der Waals surface area contributed by atoms with Gasteiger partial charge in [0.2, 0.25) is 0 Å². The van der Waals surface area contributed by atoms with Crippen LogP contribution in [0.5, 0.6) is 11.5 Å². The van der Waals surface area contributed by atoms with Crippen molar-refractivity contribution in [2.24, 2.45) is 5.92 Å². The van der Waals surface area contributed by atoms with E-state index in [1.165, 1.54) is 5.56 Å². The van der Waals surface area contributed by atoms with Gasteiger partial charge in [0.25, 0.3) is 5.91 Å². The number of aryl methyl sites for hydroxylation is 1. The fourth-order valence-corrected chi connectivity index (χ4v) is 5.29. The highest BCUT2D eigenvalue weighted by Gasteiger charge is 2.51. The van der Waals surface area contributed by atoms with Gasteiger partial charge >= 0.3 is 6.03 Å². The van der Waals surface area contributed by atoms with E-state index >= 15 is 0 Å². The first kappa shape index (κ1) is 23.1. The molecule has 0 spiro atoms. The molecule has 0 bridgehead atoms. The van der Waals surface area contributed by atoms with Crippen LogP contribution in [0.3, 0.4) is 0 Å². The Bertz CT molecular complexity index is 973. The lowest BCUT2D eigenvalue weighted by atomic mass is 9.74. The van der Waals surface area contributed by atoms with Crippen LogP contribution in [-0.4, -0.2) is 49.7 Å². The molecule has 7 nitrogen and oxygen atoms in total. The third-order valence-electron chi connectivity index (χ3n) is 7.01. The predicted octanol–water partition coefficient (Wildman–Crippen LogP) is 3.52. The normalized spacial score (nSPS) is 21.5. The van der Waals surface area contributed by atoms with Crippen LogP contribution in [0.2, 0.25) is 0 Å². The number of ether oxygens (including phenoxy) is 2. The van der Waals surface area contributed by atoms with E-state index in [1.54, 1.807) is 14.2 Å². The number of urea groups is 1. The van der Waals surface area contributed by atoms with Crippen molar-refractivity contribution in [2.45, 2.75) is 44.2 Å². The Morgan fingerprint density at radius 2 is 1.76 bits per heavy atom. The molecule has 2 aromatic rings. The number of hydrogen-bond acceptors (Lipinski definition) is 5. The summed E-state index contributed by atoms with van der Waals surface area (Å²) in [6, 6.07) is 15.8. The third kappa shape index (κ3) is 4.98. The molecule has 3 amide bonds. The summed E-state index contributed by atoms with van der Waals surface area (Å²) in [5.74, 6) is 1.44. The number of benzene rings is 2. The largest absolute Gasteiger partial charge is 0.493 e. The Morgan fingerprint density at radius 1 is 1.00 bits per heavy atom. The Morgan fingerprint density at radius 3 is 2.39 bits per heavy atom. The van der Waals surface area contributed by atoms with Crippen molar-refractivity contribution in [3.8, 4) is 11.5 Å². The average molecular weight is 452 g/mol. The van der Waals surface area contributed by atoms with Gasteiger partial charge in [0.15, 0.2) is 11.5 Å². The van der Waals surface area contributed by atoms with Crippen molar-refractivity contribution in [3.05, 3.63) is 59.7 Å². The number of imide groups is 1. The van der Waals surface area contributed by atoms with E-state index in [4.69, 9.17) is 9.47 Å². The van der Waals surface area contributed by atoms with Gasteiger partial charge < -0.3 is 14.8 Å². The van der Waals surface area contributed by atoms with E-state index in [2.05, 4.69) is 33.7 Å². The van der Waals surface area contributed by atoms with E-state index in [0.717, 1.165) is 62.4 Å². The number of nitrogens with one attached hydrogen (secondary N) is 2. The highest BCUT2D eigenvalue weighted by Crippen LogP contribution is 2.37. The third-order valence-corrected chi connectivity index (χ3v) is 7.01. The second kappa shape index (κ2) is 10.3. The van der Waals surface area contributed by atoms with E-state index in [1.807, 2.05) is 30.3 Å². The molecule has 1 atom stereocenters. The standard InChI is InChI=1S/C26H33N3O4/c1-32-22-12-6-11-20(23(22)33-2)18-29-16-13-21(14-17-29)26(24(30)27-25(31)28-26)15-7-10-19-8-4-3-5-9-19/h3-6,8-9,11-12,21H,7,10,13-18H2,1-2H3,(H2,27,28,30,31). The quantitative estimate of drug-likeness (QED) is 0.571. The number of piperidine rings is 1. The van der Waals surface area contributed by atoms with Gasteiger partial charge in [-0.3, -0.25) is 15.0 Å². The molecular formula is C26H33N3O4. The maximum absolute atomic E-state index is 12.9. The van der Waals surface area contributed by atoms with Crippen LogP contribution in [-0.2, 0) is 17.8 Å². The fraction of sp³-hybridized carbons (Fsp3) is 0.462. The zero-order valence-corrected chi connectivity index (χ0v) is 19.4. The summed E-state index contributed by atoms with van der Waals surface area (Å²) in [6.07, 6.45) is 4.09. The lowest BCUT2D eigenvalue weighted by molar-refractivity contribution is -0.127. The van der Waals surface area contributed by atoms with Crippen LogP contribution >= 0.6 is 0 Å². The second-order valence-corrected chi connectivity index (χ2v) is 8.92. The van der Waals surface area contributed by atoms with Gasteiger partial charge in [-0.05, 0) is 62.7 Å². The lowest BCUT2D eigenvalue weighted by Gasteiger charge is -2.41. The van der Waals surface area contributed by atoms with Gasteiger partial charge in [-0.2, -0.15) is 0 Å². The molecular weight excluding hydrogens is 418 g/mol. The minimum Gasteiger partial charge on any atom is -0.493 e. The summed E-state index contributed by atoms with van der Waals surface area (Å²) in [6.45, 7) is 2.47. The molecule has 2 aromatic carbocycles. The predicted molar refractivity (Wildman–Crippen MR) is 126 cm³/mol. The van der Waals surface area contributed by atoms with Gasteiger partial charge in [-0.1, -0.05) is 42.5 Å². The summed E-state index contributed by atoms with van der Waals surface area (Å²) in [7, 11) is 3.31. The van der Waals surface area contributed by atoms with Gasteiger partial charge in [-0.15, -0.1) is 0 Å². The smallest absolute Gasteiger partial charge is 0.322 e. The summed E-state index contributed by atoms with van der Waals surface area (Å²) in [5.41, 5.74) is 1.52. The molecule has 2 aliphatic rings. The summed E-state index contributed by atoms with van der Waals surface area (Å²) in [5, 5.41) is 5.52. The number of para-hydroxylation sites is 1. The van der Waals surface area contributed by atoms with Crippen LogP contribution in [0.1, 0.15) is 36.8 Å².